The molecule has 0 fully saturated rings. The third-order valence-corrected chi connectivity index (χ3v) is 1.69. The van der Waals surface area contributed by atoms with Crippen molar-refractivity contribution in [3.05, 3.63) is 29.3 Å². The van der Waals surface area contributed by atoms with Gasteiger partial charge >= 0.3 is 5.97 Å². The van der Waals surface area contributed by atoms with Crippen molar-refractivity contribution in [3.8, 4) is 11.8 Å². The number of benzene rings is 1. The number of carboxylic acid groups (broad SMARTS) is 1. The van der Waals surface area contributed by atoms with Gasteiger partial charge in [0.05, 0.1) is 11.6 Å². The molecule has 1 atom stereocenters. The number of phenols is 1. The van der Waals surface area contributed by atoms with Gasteiger partial charge in [0.25, 0.3) is 0 Å². The summed E-state index contributed by atoms with van der Waals surface area (Å²) in [6.45, 7) is 0. The van der Waals surface area contributed by atoms with Gasteiger partial charge in [0, 0.05) is 5.56 Å². The van der Waals surface area contributed by atoms with Crippen LogP contribution in [0.5, 0.6) is 5.75 Å². The topological polar surface area (TPSA) is 102 Å². The maximum absolute atomic E-state index is 10.4. The van der Waals surface area contributed by atoms with Gasteiger partial charge in [-0.05, 0) is 18.2 Å². The summed E-state index contributed by atoms with van der Waals surface area (Å²) in [5.74, 6) is -1.82. The largest absolute Gasteiger partial charge is 0.508 e. The predicted molar refractivity (Wildman–Crippen MR) is 45.4 cm³/mol. The van der Waals surface area contributed by atoms with Gasteiger partial charge in [0.15, 0.2) is 6.10 Å². The lowest BCUT2D eigenvalue weighted by molar-refractivity contribution is -0.147. The Morgan fingerprint density at radius 2 is 2.14 bits per heavy atom. The van der Waals surface area contributed by atoms with E-state index in [9.17, 15) is 9.90 Å². The average Bonchev–Trinajstić information content (AvgIpc) is 2.17. The van der Waals surface area contributed by atoms with E-state index in [1.807, 2.05) is 0 Å². The molecule has 5 heteroatoms. The lowest BCUT2D eigenvalue weighted by Gasteiger charge is -2.07. The fourth-order valence-electron chi connectivity index (χ4n) is 0.976. The van der Waals surface area contributed by atoms with Crippen LogP contribution < -0.4 is 0 Å². The number of nitriles is 1. The molecule has 0 aliphatic carbocycles. The molecule has 0 amide bonds. The van der Waals surface area contributed by atoms with Crippen molar-refractivity contribution in [1.82, 2.24) is 0 Å². The lowest BCUT2D eigenvalue weighted by Crippen LogP contribution is -2.10. The molecule has 5 nitrogen and oxygen atoms in total. The Labute approximate surface area is 79.5 Å². The number of aliphatic hydroxyl groups excluding tert-OH is 1. The van der Waals surface area contributed by atoms with E-state index in [1.54, 1.807) is 6.07 Å². The van der Waals surface area contributed by atoms with Crippen LogP contribution in [-0.4, -0.2) is 21.3 Å². The van der Waals surface area contributed by atoms with E-state index in [0.29, 0.717) is 0 Å². The predicted octanol–water partition coefficient (Wildman–Crippen LogP) is 0.382. The minimum Gasteiger partial charge on any atom is -0.508 e. The van der Waals surface area contributed by atoms with Crippen LogP contribution in [0.1, 0.15) is 17.2 Å². The second-order valence-corrected chi connectivity index (χ2v) is 2.63. The van der Waals surface area contributed by atoms with Gasteiger partial charge in [0.2, 0.25) is 0 Å². The highest BCUT2D eigenvalue weighted by Gasteiger charge is 2.19. The number of rotatable bonds is 2. The van der Waals surface area contributed by atoms with Crippen LogP contribution in [0.4, 0.5) is 0 Å². The van der Waals surface area contributed by atoms with Crippen molar-refractivity contribution < 1.29 is 20.1 Å². The molecular weight excluding hydrogens is 186 g/mol. The van der Waals surface area contributed by atoms with Crippen LogP contribution in [0, 0.1) is 11.3 Å². The van der Waals surface area contributed by atoms with Gasteiger partial charge in [-0.2, -0.15) is 5.26 Å². The van der Waals surface area contributed by atoms with Crippen molar-refractivity contribution in [1.29, 1.82) is 5.26 Å². The Morgan fingerprint density at radius 1 is 1.50 bits per heavy atom. The number of hydrogen-bond acceptors (Lipinski definition) is 4. The summed E-state index contributed by atoms with van der Waals surface area (Å²) in [5, 5.41) is 35.3. The molecule has 1 aromatic carbocycles. The highest BCUT2D eigenvalue weighted by atomic mass is 16.4. The first-order valence-corrected chi connectivity index (χ1v) is 3.70. The highest BCUT2D eigenvalue weighted by molar-refractivity contribution is 5.75. The molecule has 0 heterocycles. The van der Waals surface area contributed by atoms with Crippen molar-refractivity contribution in [2.45, 2.75) is 6.10 Å². The summed E-state index contributed by atoms with van der Waals surface area (Å²) >= 11 is 0. The molecule has 0 bridgehead atoms. The van der Waals surface area contributed by atoms with Gasteiger partial charge < -0.3 is 15.3 Å². The zero-order valence-corrected chi connectivity index (χ0v) is 7.01. The van der Waals surface area contributed by atoms with Gasteiger partial charge in [-0.1, -0.05) is 0 Å². The van der Waals surface area contributed by atoms with Gasteiger partial charge in [-0.15, -0.1) is 0 Å². The quantitative estimate of drug-likeness (QED) is 0.630. The maximum atomic E-state index is 10.4. The molecule has 1 aromatic rings. The maximum Gasteiger partial charge on any atom is 0.337 e. The van der Waals surface area contributed by atoms with Crippen molar-refractivity contribution in [2.24, 2.45) is 0 Å². The third-order valence-electron chi connectivity index (χ3n) is 1.69. The van der Waals surface area contributed by atoms with E-state index in [1.165, 1.54) is 12.1 Å². The van der Waals surface area contributed by atoms with E-state index in [2.05, 4.69) is 0 Å². The van der Waals surface area contributed by atoms with Crippen LogP contribution in [0.2, 0.25) is 0 Å². The fourth-order valence-corrected chi connectivity index (χ4v) is 0.976. The third kappa shape index (κ3) is 1.81. The summed E-state index contributed by atoms with van der Waals surface area (Å²) in [4.78, 5) is 10.4. The molecule has 0 saturated carbocycles. The zero-order chi connectivity index (χ0) is 10.7. The highest BCUT2D eigenvalue weighted by Crippen LogP contribution is 2.25. The van der Waals surface area contributed by atoms with Crippen LogP contribution in [0.15, 0.2) is 18.2 Å². The first kappa shape index (κ1) is 10.0. The van der Waals surface area contributed by atoms with Crippen molar-refractivity contribution >= 4 is 5.97 Å². The van der Waals surface area contributed by atoms with Crippen LogP contribution in [-0.2, 0) is 4.79 Å². The zero-order valence-electron chi connectivity index (χ0n) is 7.01. The van der Waals surface area contributed by atoms with Gasteiger partial charge in [0.1, 0.15) is 5.75 Å². The molecule has 0 aromatic heterocycles. The summed E-state index contributed by atoms with van der Waals surface area (Å²) in [6, 6.07) is 5.40. The lowest BCUT2D eigenvalue weighted by atomic mass is 10.1. The molecular formula is C9H7NO4. The number of phenolic OH excluding ortho intramolecular Hbond substituents is 1. The number of aromatic hydroxyl groups is 1. The Kier molecular flexibility index (Phi) is 2.70. The normalized spacial score (nSPS) is 11.7. The van der Waals surface area contributed by atoms with E-state index >= 15 is 0 Å². The minimum atomic E-state index is -1.82. The second-order valence-electron chi connectivity index (χ2n) is 2.63. The minimum absolute atomic E-state index is 0.179. The molecule has 0 aliphatic heterocycles. The second kappa shape index (κ2) is 3.77. The molecule has 0 radical (unpaired) electrons. The number of carboxylic acids is 1. The molecule has 1 rings (SSSR count). The molecule has 0 saturated heterocycles. The summed E-state index contributed by atoms with van der Waals surface area (Å²) in [7, 11) is 0. The van der Waals surface area contributed by atoms with E-state index in [0.717, 1.165) is 6.07 Å². The van der Waals surface area contributed by atoms with Crippen LogP contribution in [0.25, 0.3) is 0 Å². The van der Waals surface area contributed by atoms with Crippen LogP contribution >= 0.6 is 0 Å². The first-order chi connectivity index (χ1) is 6.56. The monoisotopic (exact) mass is 193 g/mol. The Morgan fingerprint density at radius 3 is 2.64 bits per heavy atom. The SMILES string of the molecule is N#Cc1ccc(O)c(C(O)C(=O)O)c1. The van der Waals surface area contributed by atoms with Gasteiger partial charge in [-0.3, -0.25) is 0 Å². The van der Waals surface area contributed by atoms with Gasteiger partial charge in [-0.25, -0.2) is 4.79 Å². The summed E-state index contributed by atoms with van der Waals surface area (Å²) in [5.41, 5.74) is -0.00495. The smallest absolute Gasteiger partial charge is 0.337 e. The van der Waals surface area contributed by atoms with Crippen LogP contribution in [0.3, 0.4) is 0 Å². The Balaban J connectivity index is 3.20. The standard InChI is InChI=1S/C9H7NO4/c10-4-5-1-2-7(11)6(3-5)8(12)9(13)14/h1-3,8,11-12H,(H,13,14). The fraction of sp³-hybridized carbons (Fsp3) is 0.111. The molecule has 3 N–H and O–H groups in total. The number of aliphatic carboxylic acids is 1. The number of nitrogens with zero attached hydrogens (tertiary/aromatic N) is 1. The van der Waals surface area contributed by atoms with Crippen molar-refractivity contribution in [3.63, 3.8) is 0 Å². The molecule has 72 valence electrons. The number of carbonyl (C=O) groups is 1. The molecule has 0 aliphatic rings. The van der Waals surface area contributed by atoms with E-state index in [-0.39, 0.29) is 16.9 Å². The summed E-state index contributed by atoms with van der Waals surface area (Å²) in [6.07, 6.45) is -1.82. The van der Waals surface area contributed by atoms with Crippen molar-refractivity contribution in [2.75, 3.05) is 0 Å². The van der Waals surface area contributed by atoms with E-state index in [4.69, 9.17) is 15.5 Å². The molecule has 1 unspecified atom stereocenters. The Bertz CT molecular complexity index is 408. The summed E-state index contributed by atoms with van der Waals surface area (Å²) < 4.78 is 0. The number of hydrogen-bond donors (Lipinski definition) is 3. The molecule has 14 heavy (non-hydrogen) atoms. The average molecular weight is 193 g/mol. The van der Waals surface area contributed by atoms with E-state index < -0.39 is 12.1 Å². The molecule has 0 spiro atoms. The first-order valence-electron chi connectivity index (χ1n) is 3.70. The number of aliphatic hydroxyl groups is 1. The Hall–Kier alpha value is -2.06.